The third-order valence-corrected chi connectivity index (χ3v) is 6.83. The normalized spacial score (nSPS) is 17.5. The molecule has 1 aliphatic heterocycles. The van der Waals surface area contributed by atoms with Gasteiger partial charge in [-0.3, -0.25) is 0 Å². The molecule has 0 radical (unpaired) electrons. The number of alkyl halides is 1. The van der Waals surface area contributed by atoms with E-state index in [4.69, 9.17) is 11.6 Å². The number of benzene rings is 2. The van der Waals surface area contributed by atoms with Gasteiger partial charge in [-0.25, -0.2) is 9.59 Å². The van der Waals surface area contributed by atoms with E-state index in [0.717, 1.165) is 51.6 Å². The fraction of sp³-hybridized carbons (Fsp3) is 0.462. The summed E-state index contributed by atoms with van der Waals surface area (Å²) in [7, 11) is 0. The largest absolute Gasteiger partial charge is 0.338 e. The van der Waals surface area contributed by atoms with E-state index in [0.29, 0.717) is 18.5 Å². The molecule has 0 atom stereocenters. The molecular formula is C26H33ClN4O2. The van der Waals surface area contributed by atoms with E-state index in [1.165, 1.54) is 22.3 Å². The Bertz CT molecular complexity index is 917. The first-order valence-corrected chi connectivity index (χ1v) is 12.5. The second-order valence-corrected chi connectivity index (χ2v) is 9.30. The zero-order valence-electron chi connectivity index (χ0n) is 19.0. The SMILES string of the molecule is O=C(NCCCCl)NC1Cc2ccccc2C1.O=C1NCCCN1C1Cc2ccccc2C1. The van der Waals surface area contributed by atoms with Crippen molar-refractivity contribution in [2.75, 3.05) is 25.5 Å². The number of nitrogens with one attached hydrogen (secondary N) is 3. The lowest BCUT2D eigenvalue weighted by Crippen LogP contribution is -2.51. The van der Waals surface area contributed by atoms with Crippen LogP contribution in [0.15, 0.2) is 48.5 Å². The molecule has 7 heteroatoms. The number of hydrogen-bond donors (Lipinski definition) is 3. The molecule has 1 fully saturated rings. The monoisotopic (exact) mass is 468 g/mol. The van der Waals surface area contributed by atoms with E-state index in [2.05, 4.69) is 52.3 Å². The molecule has 2 aliphatic carbocycles. The maximum atomic E-state index is 11.7. The minimum absolute atomic E-state index is 0.0899. The van der Waals surface area contributed by atoms with Crippen molar-refractivity contribution in [3.05, 3.63) is 70.8 Å². The lowest BCUT2D eigenvalue weighted by atomic mass is 10.1. The summed E-state index contributed by atoms with van der Waals surface area (Å²) in [5.74, 6) is 0.579. The lowest BCUT2D eigenvalue weighted by Gasteiger charge is -2.32. The molecule has 1 heterocycles. The average molecular weight is 469 g/mol. The van der Waals surface area contributed by atoms with Gasteiger partial charge in [0, 0.05) is 37.6 Å². The zero-order chi connectivity index (χ0) is 23.0. The van der Waals surface area contributed by atoms with Crippen LogP contribution in [0, 0.1) is 0 Å². The van der Waals surface area contributed by atoms with Crippen LogP contribution >= 0.6 is 11.6 Å². The van der Waals surface area contributed by atoms with Crippen molar-refractivity contribution in [1.29, 1.82) is 0 Å². The van der Waals surface area contributed by atoms with Crippen LogP contribution in [0.2, 0.25) is 0 Å². The predicted octanol–water partition coefficient (Wildman–Crippen LogP) is 3.65. The third kappa shape index (κ3) is 6.20. The second-order valence-electron chi connectivity index (χ2n) is 8.93. The van der Waals surface area contributed by atoms with Gasteiger partial charge < -0.3 is 20.9 Å². The Labute approximate surface area is 201 Å². The van der Waals surface area contributed by atoms with Gasteiger partial charge in [0.2, 0.25) is 0 Å². The number of carbonyl (C=O) groups is 2. The van der Waals surface area contributed by atoms with Crippen LogP contribution < -0.4 is 16.0 Å². The third-order valence-electron chi connectivity index (χ3n) is 6.57. The van der Waals surface area contributed by atoms with Crippen LogP contribution in [-0.4, -0.2) is 54.6 Å². The van der Waals surface area contributed by atoms with E-state index in [1.807, 2.05) is 17.0 Å². The van der Waals surface area contributed by atoms with Gasteiger partial charge in [0.1, 0.15) is 0 Å². The van der Waals surface area contributed by atoms with Crippen LogP contribution in [0.1, 0.15) is 35.1 Å². The van der Waals surface area contributed by atoms with Gasteiger partial charge in [-0.2, -0.15) is 0 Å². The van der Waals surface area contributed by atoms with Gasteiger partial charge in [0.05, 0.1) is 0 Å². The number of rotatable bonds is 5. The molecule has 6 nitrogen and oxygen atoms in total. The summed E-state index contributed by atoms with van der Waals surface area (Å²) in [5.41, 5.74) is 5.51. The van der Waals surface area contributed by atoms with E-state index in [9.17, 15) is 9.59 Å². The topological polar surface area (TPSA) is 73.5 Å². The average Bonchev–Trinajstić information content (AvgIpc) is 3.43. The molecule has 5 rings (SSSR count). The Morgan fingerprint density at radius 3 is 2.09 bits per heavy atom. The van der Waals surface area contributed by atoms with Crippen molar-refractivity contribution >= 4 is 23.7 Å². The molecule has 0 spiro atoms. The molecule has 2 aromatic carbocycles. The quantitative estimate of drug-likeness (QED) is 0.463. The van der Waals surface area contributed by atoms with E-state index in [1.54, 1.807) is 0 Å². The van der Waals surface area contributed by atoms with Crippen LogP contribution in [0.3, 0.4) is 0 Å². The first kappa shape index (κ1) is 23.4. The number of nitrogens with zero attached hydrogens (tertiary/aromatic N) is 1. The highest BCUT2D eigenvalue weighted by Gasteiger charge is 2.30. The van der Waals surface area contributed by atoms with Crippen molar-refractivity contribution in [1.82, 2.24) is 20.9 Å². The zero-order valence-corrected chi connectivity index (χ0v) is 19.7. The van der Waals surface area contributed by atoms with Gasteiger partial charge in [-0.15, -0.1) is 11.6 Å². The summed E-state index contributed by atoms with van der Waals surface area (Å²) in [6.07, 6.45) is 5.77. The van der Waals surface area contributed by atoms with Crippen molar-refractivity contribution in [3.63, 3.8) is 0 Å². The van der Waals surface area contributed by atoms with E-state index in [-0.39, 0.29) is 18.1 Å². The molecule has 0 bridgehead atoms. The fourth-order valence-corrected chi connectivity index (χ4v) is 5.05. The molecule has 176 valence electrons. The maximum Gasteiger partial charge on any atom is 0.317 e. The molecule has 0 unspecified atom stereocenters. The van der Waals surface area contributed by atoms with Gasteiger partial charge >= 0.3 is 12.1 Å². The van der Waals surface area contributed by atoms with Crippen molar-refractivity contribution < 1.29 is 9.59 Å². The van der Waals surface area contributed by atoms with Crippen LogP contribution in [0.5, 0.6) is 0 Å². The van der Waals surface area contributed by atoms with Crippen LogP contribution in [0.4, 0.5) is 9.59 Å². The molecule has 0 aromatic heterocycles. The molecule has 0 saturated carbocycles. The Balaban J connectivity index is 0.000000157. The molecular weight excluding hydrogens is 436 g/mol. The Hall–Kier alpha value is -2.73. The van der Waals surface area contributed by atoms with Crippen LogP contribution in [0.25, 0.3) is 0 Å². The van der Waals surface area contributed by atoms with Crippen molar-refractivity contribution in [3.8, 4) is 0 Å². The summed E-state index contributed by atoms with van der Waals surface area (Å²) in [6.45, 7) is 2.37. The highest BCUT2D eigenvalue weighted by atomic mass is 35.5. The standard InChI is InChI=1S/C13H17ClN2O.C13H16N2O/c14-6-3-7-15-13(17)16-12-8-10-4-1-2-5-11(10)9-12;16-13-14-6-3-7-15(13)12-8-10-4-1-2-5-11(10)9-12/h1-2,4-5,12H,3,6-9H2,(H2,15,16,17);1-2,4-5,12H,3,6-9H2,(H,14,16). The van der Waals surface area contributed by atoms with Crippen molar-refractivity contribution in [2.45, 2.75) is 50.6 Å². The summed E-state index contributed by atoms with van der Waals surface area (Å²) in [5, 5.41) is 8.72. The van der Waals surface area contributed by atoms with Gasteiger partial charge in [-0.1, -0.05) is 48.5 Å². The number of fused-ring (bicyclic) bond motifs is 2. The summed E-state index contributed by atoms with van der Waals surface area (Å²) in [6, 6.07) is 17.5. The summed E-state index contributed by atoms with van der Waals surface area (Å²) < 4.78 is 0. The molecule has 3 N–H and O–H groups in total. The first-order chi connectivity index (χ1) is 16.1. The smallest absolute Gasteiger partial charge is 0.317 e. The molecule has 1 saturated heterocycles. The highest BCUT2D eigenvalue weighted by molar-refractivity contribution is 6.17. The van der Waals surface area contributed by atoms with Crippen LogP contribution in [-0.2, 0) is 25.7 Å². The van der Waals surface area contributed by atoms with Gasteiger partial charge in [0.25, 0.3) is 0 Å². The number of amides is 4. The molecule has 2 aromatic rings. The minimum Gasteiger partial charge on any atom is -0.338 e. The summed E-state index contributed by atoms with van der Waals surface area (Å²) >= 11 is 5.54. The molecule has 4 amide bonds. The first-order valence-electron chi connectivity index (χ1n) is 11.9. The lowest BCUT2D eigenvalue weighted by molar-refractivity contribution is 0.163. The van der Waals surface area contributed by atoms with Crippen molar-refractivity contribution in [2.24, 2.45) is 0 Å². The number of urea groups is 2. The highest BCUT2D eigenvalue weighted by Crippen LogP contribution is 2.26. The number of carbonyl (C=O) groups excluding carboxylic acids is 2. The maximum absolute atomic E-state index is 11.7. The minimum atomic E-state index is -0.0899. The molecule has 3 aliphatic rings. The summed E-state index contributed by atoms with van der Waals surface area (Å²) in [4.78, 5) is 25.3. The number of halogens is 1. The fourth-order valence-electron chi connectivity index (χ4n) is 4.92. The van der Waals surface area contributed by atoms with E-state index < -0.39 is 0 Å². The van der Waals surface area contributed by atoms with Gasteiger partial charge in [0.15, 0.2) is 0 Å². The number of hydrogen-bond acceptors (Lipinski definition) is 2. The Kier molecular flexibility index (Phi) is 8.10. The Morgan fingerprint density at radius 2 is 1.55 bits per heavy atom. The Morgan fingerprint density at radius 1 is 0.970 bits per heavy atom. The predicted molar refractivity (Wildman–Crippen MR) is 132 cm³/mol. The molecule has 33 heavy (non-hydrogen) atoms. The van der Waals surface area contributed by atoms with Gasteiger partial charge in [-0.05, 0) is 60.8 Å². The second kappa shape index (κ2) is 11.4. The van der Waals surface area contributed by atoms with E-state index >= 15 is 0 Å².